The van der Waals surface area contributed by atoms with Gasteiger partial charge in [0.25, 0.3) is 0 Å². The Hall–Kier alpha value is -2.24. The third-order valence-electron chi connectivity index (χ3n) is 3.09. The van der Waals surface area contributed by atoms with Crippen molar-refractivity contribution in [2.75, 3.05) is 24.2 Å². The number of hydrogen-bond acceptors (Lipinski definition) is 4. The Labute approximate surface area is 118 Å². The van der Waals surface area contributed by atoms with Gasteiger partial charge in [0.15, 0.2) is 0 Å². The molecule has 0 aromatic heterocycles. The Balaban J connectivity index is 2.75. The maximum Gasteiger partial charge on any atom is 0.335 e. The minimum absolute atomic E-state index is 0.0939. The lowest BCUT2D eigenvalue weighted by atomic mass is 10.1. The van der Waals surface area contributed by atoms with Gasteiger partial charge < -0.3 is 21.1 Å². The maximum absolute atomic E-state index is 11.8. The largest absolute Gasteiger partial charge is 0.478 e. The molecular weight excluding hydrogens is 258 g/mol. The van der Waals surface area contributed by atoms with Gasteiger partial charge in [-0.3, -0.25) is 4.79 Å². The molecule has 0 radical (unpaired) electrons. The Morgan fingerprint density at radius 3 is 2.60 bits per heavy atom. The first kappa shape index (κ1) is 15.8. The molecule has 0 aliphatic heterocycles. The van der Waals surface area contributed by atoms with Crippen LogP contribution in [0.1, 0.15) is 30.6 Å². The van der Waals surface area contributed by atoms with E-state index in [0.717, 1.165) is 6.42 Å². The average molecular weight is 279 g/mol. The summed E-state index contributed by atoms with van der Waals surface area (Å²) < 4.78 is 0. The first-order chi connectivity index (χ1) is 9.35. The fraction of sp³-hybridized carbons (Fsp3) is 0.429. The van der Waals surface area contributed by atoms with Gasteiger partial charge in [-0.1, -0.05) is 6.92 Å². The zero-order valence-corrected chi connectivity index (χ0v) is 12.0. The van der Waals surface area contributed by atoms with Crippen molar-refractivity contribution in [1.29, 1.82) is 0 Å². The third-order valence-corrected chi connectivity index (χ3v) is 3.09. The molecule has 6 heteroatoms. The summed E-state index contributed by atoms with van der Waals surface area (Å²) in [6, 6.07) is 4.59. The summed E-state index contributed by atoms with van der Waals surface area (Å²) >= 11 is 0. The molecule has 0 spiro atoms. The van der Waals surface area contributed by atoms with Crippen LogP contribution in [-0.4, -0.2) is 36.6 Å². The molecule has 0 bridgehead atoms. The van der Waals surface area contributed by atoms with Gasteiger partial charge in [0.2, 0.25) is 5.91 Å². The summed E-state index contributed by atoms with van der Waals surface area (Å²) in [6.45, 7) is 4.10. The number of rotatable bonds is 6. The van der Waals surface area contributed by atoms with E-state index in [-0.39, 0.29) is 24.1 Å². The molecule has 1 aromatic rings. The van der Waals surface area contributed by atoms with Crippen LogP contribution in [0.3, 0.4) is 0 Å². The molecule has 6 nitrogen and oxygen atoms in total. The number of likely N-dealkylation sites (N-methyl/N-ethyl adjacent to an activating group) is 1. The van der Waals surface area contributed by atoms with Crippen LogP contribution in [0.5, 0.6) is 0 Å². The summed E-state index contributed by atoms with van der Waals surface area (Å²) in [6.07, 6.45) is 0.866. The van der Waals surface area contributed by atoms with Crippen molar-refractivity contribution in [1.82, 2.24) is 5.32 Å². The molecule has 110 valence electrons. The molecule has 0 saturated carbocycles. The number of benzene rings is 1. The van der Waals surface area contributed by atoms with Crippen molar-refractivity contribution in [2.45, 2.75) is 26.3 Å². The van der Waals surface area contributed by atoms with E-state index in [9.17, 15) is 9.59 Å². The number of nitrogens with zero attached hydrogens (tertiary/aromatic N) is 1. The molecule has 0 aliphatic rings. The summed E-state index contributed by atoms with van der Waals surface area (Å²) in [5.41, 5.74) is 6.93. The van der Waals surface area contributed by atoms with Gasteiger partial charge in [-0.25, -0.2) is 4.79 Å². The van der Waals surface area contributed by atoms with E-state index in [0.29, 0.717) is 11.4 Å². The third kappa shape index (κ3) is 4.15. The van der Waals surface area contributed by atoms with Crippen molar-refractivity contribution in [3.63, 3.8) is 0 Å². The molecule has 1 unspecified atom stereocenters. The Kier molecular flexibility index (Phi) is 5.37. The molecule has 20 heavy (non-hydrogen) atoms. The highest BCUT2D eigenvalue weighted by molar-refractivity contribution is 5.91. The number of carbonyl (C=O) groups is 2. The number of carbonyl (C=O) groups excluding carboxylic acids is 1. The second kappa shape index (κ2) is 6.79. The molecule has 4 N–H and O–H groups in total. The standard InChI is InChI=1S/C14H21N3O3/c1-4-9(2)16-13(18)8-17(3)12-6-5-10(14(19)20)7-11(12)15/h5-7,9H,4,8,15H2,1-3H3,(H,16,18)(H,19,20). The molecule has 0 fully saturated rings. The molecule has 1 aromatic carbocycles. The van der Waals surface area contributed by atoms with E-state index in [1.807, 2.05) is 13.8 Å². The lowest BCUT2D eigenvalue weighted by Crippen LogP contribution is -2.39. The normalized spacial score (nSPS) is 11.8. The van der Waals surface area contributed by atoms with Crippen molar-refractivity contribution < 1.29 is 14.7 Å². The average Bonchev–Trinajstić information content (AvgIpc) is 2.37. The highest BCUT2D eigenvalue weighted by atomic mass is 16.4. The number of carboxylic acid groups (broad SMARTS) is 1. The molecule has 1 rings (SSSR count). The van der Waals surface area contributed by atoms with Crippen LogP contribution in [0.25, 0.3) is 0 Å². The Morgan fingerprint density at radius 2 is 2.10 bits per heavy atom. The zero-order chi connectivity index (χ0) is 15.3. The van der Waals surface area contributed by atoms with Crippen molar-refractivity contribution in [3.05, 3.63) is 23.8 Å². The van der Waals surface area contributed by atoms with Gasteiger partial charge in [0.1, 0.15) is 0 Å². The minimum Gasteiger partial charge on any atom is -0.478 e. The number of anilines is 2. The second-order valence-corrected chi connectivity index (χ2v) is 4.81. The monoisotopic (exact) mass is 279 g/mol. The quantitative estimate of drug-likeness (QED) is 0.682. The number of nitrogens with two attached hydrogens (primary N) is 1. The predicted octanol–water partition coefficient (Wildman–Crippen LogP) is 1.32. The molecule has 1 atom stereocenters. The molecule has 0 saturated heterocycles. The fourth-order valence-corrected chi connectivity index (χ4v) is 1.76. The lowest BCUT2D eigenvalue weighted by Gasteiger charge is -2.22. The highest BCUT2D eigenvalue weighted by Gasteiger charge is 2.13. The summed E-state index contributed by atoms with van der Waals surface area (Å²) in [5.74, 6) is -1.12. The number of aromatic carboxylic acids is 1. The van der Waals surface area contributed by atoms with E-state index in [1.165, 1.54) is 12.1 Å². The van der Waals surface area contributed by atoms with Crippen LogP contribution in [0.2, 0.25) is 0 Å². The van der Waals surface area contributed by atoms with Gasteiger partial charge >= 0.3 is 5.97 Å². The van der Waals surface area contributed by atoms with Crippen LogP contribution < -0.4 is 16.0 Å². The van der Waals surface area contributed by atoms with Crippen LogP contribution in [0.15, 0.2) is 18.2 Å². The summed E-state index contributed by atoms with van der Waals surface area (Å²) in [5, 5.41) is 11.7. The highest BCUT2D eigenvalue weighted by Crippen LogP contribution is 2.23. The molecule has 1 amide bonds. The zero-order valence-electron chi connectivity index (χ0n) is 12.0. The topological polar surface area (TPSA) is 95.7 Å². The number of amides is 1. The number of nitrogens with one attached hydrogen (secondary N) is 1. The van der Waals surface area contributed by atoms with Gasteiger partial charge in [-0.05, 0) is 31.5 Å². The van der Waals surface area contributed by atoms with Gasteiger partial charge in [-0.2, -0.15) is 0 Å². The van der Waals surface area contributed by atoms with Crippen molar-refractivity contribution >= 4 is 23.3 Å². The minimum atomic E-state index is -1.03. The maximum atomic E-state index is 11.8. The van der Waals surface area contributed by atoms with E-state index < -0.39 is 5.97 Å². The van der Waals surface area contributed by atoms with Crippen molar-refractivity contribution in [3.8, 4) is 0 Å². The predicted molar refractivity (Wildman–Crippen MR) is 79.0 cm³/mol. The summed E-state index contributed by atoms with van der Waals surface area (Å²) in [7, 11) is 1.74. The van der Waals surface area contributed by atoms with E-state index >= 15 is 0 Å². The van der Waals surface area contributed by atoms with Crippen LogP contribution in [0, 0.1) is 0 Å². The first-order valence-corrected chi connectivity index (χ1v) is 6.48. The van der Waals surface area contributed by atoms with Crippen LogP contribution in [0.4, 0.5) is 11.4 Å². The second-order valence-electron chi connectivity index (χ2n) is 4.81. The molecular formula is C14H21N3O3. The number of carboxylic acids is 1. The molecule has 0 aliphatic carbocycles. The molecule has 0 heterocycles. The van der Waals surface area contributed by atoms with Gasteiger partial charge in [-0.15, -0.1) is 0 Å². The van der Waals surface area contributed by atoms with Gasteiger partial charge in [0.05, 0.1) is 23.5 Å². The fourth-order valence-electron chi connectivity index (χ4n) is 1.76. The summed E-state index contributed by atoms with van der Waals surface area (Å²) in [4.78, 5) is 24.3. The van der Waals surface area contributed by atoms with Crippen molar-refractivity contribution in [2.24, 2.45) is 0 Å². The SMILES string of the molecule is CCC(C)NC(=O)CN(C)c1ccc(C(=O)O)cc1N. The van der Waals surface area contributed by atoms with E-state index in [2.05, 4.69) is 5.32 Å². The Bertz CT molecular complexity index is 502. The number of hydrogen-bond donors (Lipinski definition) is 3. The van der Waals surface area contributed by atoms with Crippen LogP contribution in [-0.2, 0) is 4.79 Å². The van der Waals surface area contributed by atoms with E-state index in [4.69, 9.17) is 10.8 Å². The lowest BCUT2D eigenvalue weighted by molar-refractivity contribution is -0.120. The van der Waals surface area contributed by atoms with Crippen LogP contribution >= 0.6 is 0 Å². The Morgan fingerprint density at radius 1 is 1.45 bits per heavy atom. The smallest absolute Gasteiger partial charge is 0.335 e. The van der Waals surface area contributed by atoms with E-state index in [1.54, 1.807) is 18.0 Å². The van der Waals surface area contributed by atoms with Gasteiger partial charge in [0, 0.05) is 13.1 Å². The first-order valence-electron chi connectivity index (χ1n) is 6.48. The number of nitrogen functional groups attached to an aromatic ring is 1.